The first-order chi connectivity index (χ1) is 14.8. The van der Waals surface area contributed by atoms with Crippen LogP contribution in [0.5, 0.6) is 5.75 Å². The van der Waals surface area contributed by atoms with E-state index in [-0.39, 0.29) is 28.7 Å². The van der Waals surface area contributed by atoms with Gasteiger partial charge in [0, 0.05) is 24.2 Å². The van der Waals surface area contributed by atoms with E-state index >= 15 is 0 Å². The number of rotatable bonds is 5. The summed E-state index contributed by atoms with van der Waals surface area (Å²) in [6.45, 7) is 4.79. The fraction of sp³-hybridized carbons (Fsp3) is 0.304. The summed E-state index contributed by atoms with van der Waals surface area (Å²) in [6, 6.07) is 11.7. The molecule has 0 unspecified atom stereocenters. The van der Waals surface area contributed by atoms with Crippen molar-refractivity contribution in [2.45, 2.75) is 38.0 Å². The molecule has 1 amide bonds. The molecule has 1 fully saturated rings. The van der Waals surface area contributed by atoms with Crippen LogP contribution in [0.15, 0.2) is 47.4 Å². The van der Waals surface area contributed by atoms with Crippen molar-refractivity contribution in [2.24, 2.45) is 0 Å². The predicted octanol–water partition coefficient (Wildman–Crippen LogP) is 3.52. The van der Waals surface area contributed by atoms with Crippen LogP contribution in [0.1, 0.15) is 29.7 Å². The van der Waals surface area contributed by atoms with Crippen LogP contribution < -0.4 is 5.32 Å². The molecule has 0 spiro atoms. The number of phenolic OH excluding ortho intramolecular Hbond substituents is 1. The van der Waals surface area contributed by atoms with Gasteiger partial charge >= 0.3 is 0 Å². The van der Waals surface area contributed by atoms with Gasteiger partial charge in [0.05, 0.1) is 22.5 Å². The largest absolute Gasteiger partial charge is 0.506 e. The number of phenols is 1. The molecule has 1 aliphatic rings. The van der Waals surface area contributed by atoms with Crippen molar-refractivity contribution in [3.8, 4) is 5.75 Å². The number of anilines is 1. The summed E-state index contributed by atoms with van der Waals surface area (Å²) in [6.07, 6.45) is 1.73. The van der Waals surface area contributed by atoms with E-state index in [4.69, 9.17) is 0 Å². The van der Waals surface area contributed by atoms with Crippen molar-refractivity contribution >= 4 is 32.5 Å². The maximum absolute atomic E-state index is 12.8. The lowest BCUT2D eigenvalue weighted by molar-refractivity contribution is -0.115. The summed E-state index contributed by atoms with van der Waals surface area (Å²) in [7, 11) is -3.65. The van der Waals surface area contributed by atoms with Crippen LogP contribution in [0.3, 0.4) is 0 Å². The zero-order chi connectivity index (χ0) is 22.2. The van der Waals surface area contributed by atoms with Gasteiger partial charge in [-0.25, -0.2) is 8.42 Å². The SMILES string of the molecule is Cc1nc2ccccc2c(C)c1CC(=O)Nc1cc(S(=O)(=O)N2CCCC2)ccc1O. The van der Waals surface area contributed by atoms with Crippen molar-refractivity contribution in [2.75, 3.05) is 18.4 Å². The summed E-state index contributed by atoms with van der Waals surface area (Å²) in [5.74, 6) is -0.534. The van der Waals surface area contributed by atoms with Crippen molar-refractivity contribution < 1.29 is 18.3 Å². The Morgan fingerprint density at radius 3 is 2.58 bits per heavy atom. The second-order valence-electron chi connectivity index (χ2n) is 7.83. The average Bonchev–Trinajstić information content (AvgIpc) is 3.28. The van der Waals surface area contributed by atoms with E-state index in [1.165, 1.54) is 22.5 Å². The van der Waals surface area contributed by atoms with Crippen molar-refractivity contribution in [3.63, 3.8) is 0 Å². The van der Waals surface area contributed by atoms with E-state index in [0.29, 0.717) is 13.1 Å². The van der Waals surface area contributed by atoms with E-state index in [1.54, 1.807) is 0 Å². The van der Waals surface area contributed by atoms with Crippen LogP contribution in [-0.2, 0) is 21.2 Å². The number of aryl methyl sites for hydroxylation is 2. The molecule has 2 N–H and O–H groups in total. The molecular weight excluding hydrogens is 414 g/mol. The van der Waals surface area contributed by atoms with Crippen LogP contribution >= 0.6 is 0 Å². The molecular formula is C23H25N3O4S. The number of fused-ring (bicyclic) bond motifs is 1. The third-order valence-corrected chi connectivity index (χ3v) is 7.66. The number of carbonyl (C=O) groups excluding carboxylic acids is 1. The van der Waals surface area contributed by atoms with Gasteiger partial charge in [-0.1, -0.05) is 18.2 Å². The molecule has 3 aromatic rings. The highest BCUT2D eigenvalue weighted by molar-refractivity contribution is 7.89. The average molecular weight is 440 g/mol. The van der Waals surface area contributed by atoms with Crippen LogP contribution in [0.2, 0.25) is 0 Å². The molecule has 2 aromatic carbocycles. The number of hydrogen-bond acceptors (Lipinski definition) is 5. The number of benzene rings is 2. The Bertz CT molecular complexity index is 1270. The summed E-state index contributed by atoms with van der Waals surface area (Å²) in [5.41, 5.74) is 3.51. The molecule has 8 heteroatoms. The Balaban J connectivity index is 1.59. The van der Waals surface area contributed by atoms with Gasteiger partial charge < -0.3 is 10.4 Å². The topological polar surface area (TPSA) is 99.6 Å². The molecule has 162 valence electrons. The van der Waals surface area contributed by atoms with Crippen LogP contribution in [0.25, 0.3) is 10.9 Å². The van der Waals surface area contributed by atoms with Crippen molar-refractivity contribution in [3.05, 3.63) is 59.3 Å². The number of sulfonamides is 1. The number of nitrogens with one attached hydrogen (secondary N) is 1. The molecule has 0 atom stereocenters. The Kier molecular flexibility index (Phi) is 5.68. The highest BCUT2D eigenvalue weighted by Crippen LogP contribution is 2.30. The normalized spacial score (nSPS) is 14.8. The lowest BCUT2D eigenvalue weighted by Gasteiger charge is -2.17. The molecule has 2 heterocycles. The van der Waals surface area contributed by atoms with Crippen molar-refractivity contribution in [1.82, 2.24) is 9.29 Å². The molecule has 31 heavy (non-hydrogen) atoms. The Hall–Kier alpha value is -2.97. The van der Waals surface area contributed by atoms with E-state index in [0.717, 1.165) is 40.6 Å². The molecule has 7 nitrogen and oxygen atoms in total. The van der Waals surface area contributed by atoms with Gasteiger partial charge in [0.15, 0.2) is 0 Å². The quantitative estimate of drug-likeness (QED) is 0.593. The Morgan fingerprint density at radius 1 is 1.13 bits per heavy atom. The third kappa shape index (κ3) is 4.13. The van der Waals surface area contributed by atoms with Gasteiger partial charge in [-0.3, -0.25) is 9.78 Å². The fourth-order valence-electron chi connectivity index (χ4n) is 4.04. The molecule has 0 aliphatic carbocycles. The van der Waals surface area contributed by atoms with Gasteiger partial charge in [-0.2, -0.15) is 4.31 Å². The highest BCUT2D eigenvalue weighted by Gasteiger charge is 2.28. The predicted molar refractivity (Wildman–Crippen MR) is 120 cm³/mol. The van der Waals surface area contributed by atoms with E-state index < -0.39 is 10.0 Å². The molecule has 0 bridgehead atoms. The van der Waals surface area contributed by atoms with Gasteiger partial charge in [-0.05, 0) is 62.1 Å². The minimum Gasteiger partial charge on any atom is -0.506 e. The first kappa shape index (κ1) is 21.3. The first-order valence-electron chi connectivity index (χ1n) is 10.2. The van der Waals surface area contributed by atoms with E-state index in [1.807, 2.05) is 38.1 Å². The number of carbonyl (C=O) groups is 1. The summed E-state index contributed by atoms with van der Waals surface area (Å²) in [4.78, 5) is 17.4. The smallest absolute Gasteiger partial charge is 0.243 e. The molecule has 0 saturated carbocycles. The zero-order valence-electron chi connectivity index (χ0n) is 17.6. The van der Waals surface area contributed by atoms with Gasteiger partial charge in [0.25, 0.3) is 0 Å². The van der Waals surface area contributed by atoms with Gasteiger partial charge in [0.1, 0.15) is 5.75 Å². The lowest BCUT2D eigenvalue weighted by Crippen LogP contribution is -2.28. The number of pyridine rings is 1. The first-order valence-corrected chi connectivity index (χ1v) is 11.7. The number of hydrogen-bond donors (Lipinski definition) is 2. The number of aromatic nitrogens is 1. The summed E-state index contributed by atoms with van der Waals surface area (Å²) in [5, 5.41) is 13.8. The number of nitrogens with zero attached hydrogens (tertiary/aromatic N) is 2. The van der Waals surface area contributed by atoms with Crippen LogP contribution in [-0.4, -0.2) is 41.8 Å². The molecule has 1 aliphatic heterocycles. The third-order valence-electron chi connectivity index (χ3n) is 5.77. The second kappa shape index (κ2) is 8.28. The molecule has 1 saturated heterocycles. The van der Waals surface area contributed by atoms with Gasteiger partial charge in [0.2, 0.25) is 15.9 Å². The Labute approximate surface area is 181 Å². The molecule has 1 aromatic heterocycles. The van der Waals surface area contributed by atoms with Crippen LogP contribution in [0, 0.1) is 13.8 Å². The monoisotopic (exact) mass is 439 g/mol. The summed E-state index contributed by atoms with van der Waals surface area (Å²) >= 11 is 0. The lowest BCUT2D eigenvalue weighted by atomic mass is 9.99. The second-order valence-corrected chi connectivity index (χ2v) is 9.77. The van der Waals surface area contributed by atoms with E-state index in [9.17, 15) is 18.3 Å². The van der Waals surface area contributed by atoms with E-state index in [2.05, 4.69) is 10.3 Å². The molecule has 0 radical (unpaired) electrons. The fourth-order valence-corrected chi connectivity index (χ4v) is 5.58. The minimum absolute atomic E-state index is 0.0576. The molecule has 4 rings (SSSR count). The standard InChI is InChI=1S/C23H25N3O4S/c1-15-18-7-3-4-8-20(18)24-16(2)19(15)14-23(28)25-21-13-17(9-10-22(21)27)31(29,30)26-11-5-6-12-26/h3-4,7-10,13,27H,5-6,11-12,14H2,1-2H3,(H,25,28). The number of para-hydroxylation sites is 1. The summed E-state index contributed by atoms with van der Waals surface area (Å²) < 4.78 is 27.1. The van der Waals surface area contributed by atoms with Crippen molar-refractivity contribution in [1.29, 1.82) is 0 Å². The zero-order valence-corrected chi connectivity index (χ0v) is 18.4. The maximum Gasteiger partial charge on any atom is 0.243 e. The highest BCUT2D eigenvalue weighted by atomic mass is 32.2. The number of amides is 1. The van der Waals surface area contributed by atoms with Gasteiger partial charge in [-0.15, -0.1) is 0 Å². The maximum atomic E-state index is 12.8. The minimum atomic E-state index is -3.65. The Morgan fingerprint density at radius 2 is 1.84 bits per heavy atom. The van der Waals surface area contributed by atoms with Crippen LogP contribution in [0.4, 0.5) is 5.69 Å². The number of aromatic hydroxyl groups is 1.